The minimum absolute atomic E-state index is 0.632. The van der Waals surface area contributed by atoms with Crippen LogP contribution in [0.3, 0.4) is 0 Å². The molecule has 0 saturated heterocycles. The van der Waals surface area contributed by atoms with Gasteiger partial charge in [-0.25, -0.2) is 4.98 Å². The van der Waals surface area contributed by atoms with Crippen molar-refractivity contribution in [1.82, 2.24) is 9.88 Å². The maximum absolute atomic E-state index is 6.02. The van der Waals surface area contributed by atoms with Gasteiger partial charge in [0.2, 0.25) is 5.88 Å². The van der Waals surface area contributed by atoms with Gasteiger partial charge < -0.3 is 9.64 Å². The third kappa shape index (κ3) is 4.30. The second-order valence-electron chi connectivity index (χ2n) is 5.91. The highest BCUT2D eigenvalue weighted by atomic mass is 35.5. The van der Waals surface area contributed by atoms with Gasteiger partial charge in [-0.05, 0) is 30.6 Å². The van der Waals surface area contributed by atoms with Crippen LogP contribution in [0.1, 0.15) is 13.8 Å². The Kier molecular flexibility index (Phi) is 5.90. The highest BCUT2D eigenvalue weighted by Crippen LogP contribution is 2.30. The molecular formula is C21H23ClN2O. The Hall–Kier alpha value is -2.10. The van der Waals surface area contributed by atoms with Crippen LogP contribution in [0, 0.1) is 0 Å². The maximum Gasteiger partial charge on any atom is 0.214 e. The van der Waals surface area contributed by atoms with Crippen LogP contribution in [-0.4, -0.2) is 36.1 Å². The molecule has 3 nitrogen and oxygen atoms in total. The first-order valence-electron chi connectivity index (χ1n) is 8.72. The lowest BCUT2D eigenvalue weighted by atomic mass is 10.0. The Morgan fingerprint density at radius 2 is 1.72 bits per heavy atom. The van der Waals surface area contributed by atoms with Crippen LogP contribution in [0.25, 0.3) is 22.0 Å². The average molecular weight is 355 g/mol. The van der Waals surface area contributed by atoms with Crippen molar-refractivity contribution in [3.8, 4) is 17.1 Å². The van der Waals surface area contributed by atoms with E-state index in [4.69, 9.17) is 21.3 Å². The van der Waals surface area contributed by atoms with Crippen molar-refractivity contribution in [3.05, 3.63) is 59.6 Å². The molecule has 0 radical (unpaired) electrons. The Morgan fingerprint density at radius 3 is 2.44 bits per heavy atom. The number of aromatic nitrogens is 1. The van der Waals surface area contributed by atoms with Crippen LogP contribution >= 0.6 is 11.6 Å². The van der Waals surface area contributed by atoms with Gasteiger partial charge in [0.25, 0.3) is 0 Å². The van der Waals surface area contributed by atoms with E-state index in [0.717, 1.165) is 46.7 Å². The molecule has 0 bridgehead atoms. The van der Waals surface area contributed by atoms with E-state index < -0.39 is 0 Å². The van der Waals surface area contributed by atoms with E-state index in [2.05, 4.69) is 30.9 Å². The van der Waals surface area contributed by atoms with E-state index in [1.807, 2.05) is 42.5 Å². The molecule has 0 aliphatic carbocycles. The first kappa shape index (κ1) is 17.7. The molecule has 0 unspecified atom stereocenters. The highest BCUT2D eigenvalue weighted by Gasteiger charge is 2.09. The summed E-state index contributed by atoms with van der Waals surface area (Å²) in [5.74, 6) is 0.663. The molecule has 0 amide bonds. The first-order chi connectivity index (χ1) is 12.2. The Bertz CT molecular complexity index is 829. The van der Waals surface area contributed by atoms with Crippen molar-refractivity contribution in [1.29, 1.82) is 0 Å². The molecule has 1 aromatic heterocycles. The number of hydrogen-bond acceptors (Lipinski definition) is 3. The molecule has 0 N–H and O–H groups in total. The summed E-state index contributed by atoms with van der Waals surface area (Å²) in [4.78, 5) is 7.10. The molecule has 3 rings (SSSR count). The fraction of sp³-hybridized carbons (Fsp3) is 0.286. The highest BCUT2D eigenvalue weighted by molar-refractivity contribution is 6.30. The van der Waals surface area contributed by atoms with Crippen molar-refractivity contribution in [2.24, 2.45) is 0 Å². The van der Waals surface area contributed by atoms with Crippen molar-refractivity contribution in [2.75, 3.05) is 26.2 Å². The lowest BCUT2D eigenvalue weighted by Crippen LogP contribution is -2.28. The van der Waals surface area contributed by atoms with Crippen LogP contribution in [0.4, 0.5) is 0 Å². The quantitative estimate of drug-likeness (QED) is 0.577. The molecule has 130 valence electrons. The third-order valence-corrected chi connectivity index (χ3v) is 4.64. The number of rotatable bonds is 7. The molecule has 0 spiro atoms. The molecule has 4 heteroatoms. The summed E-state index contributed by atoms with van der Waals surface area (Å²) in [5.41, 5.74) is 1.96. The SMILES string of the molecule is CCN(CC)CCOc1cc2ccccc2c(-c2ccc(Cl)cc2)n1. The minimum atomic E-state index is 0.632. The Labute approximate surface area is 154 Å². The minimum Gasteiger partial charge on any atom is -0.476 e. The van der Waals surface area contributed by atoms with E-state index in [9.17, 15) is 0 Å². The van der Waals surface area contributed by atoms with E-state index in [0.29, 0.717) is 12.5 Å². The zero-order chi connectivity index (χ0) is 17.6. The van der Waals surface area contributed by atoms with Crippen LogP contribution in [0.5, 0.6) is 5.88 Å². The summed E-state index contributed by atoms with van der Waals surface area (Å²) in [6.45, 7) is 7.92. The van der Waals surface area contributed by atoms with E-state index in [1.165, 1.54) is 0 Å². The Morgan fingerprint density at radius 1 is 1.00 bits per heavy atom. The molecule has 3 aromatic rings. The topological polar surface area (TPSA) is 25.4 Å². The van der Waals surface area contributed by atoms with Crippen molar-refractivity contribution < 1.29 is 4.74 Å². The number of nitrogens with zero attached hydrogens (tertiary/aromatic N) is 2. The zero-order valence-electron chi connectivity index (χ0n) is 14.7. The van der Waals surface area contributed by atoms with Crippen LogP contribution in [-0.2, 0) is 0 Å². The summed E-state index contributed by atoms with van der Waals surface area (Å²) in [5, 5.41) is 2.96. The summed E-state index contributed by atoms with van der Waals surface area (Å²) < 4.78 is 5.96. The van der Waals surface area contributed by atoms with Gasteiger partial charge in [0.05, 0.1) is 5.69 Å². The molecule has 0 aliphatic heterocycles. The van der Waals surface area contributed by atoms with Gasteiger partial charge in [-0.3, -0.25) is 0 Å². The monoisotopic (exact) mass is 354 g/mol. The predicted molar refractivity (Wildman–Crippen MR) is 105 cm³/mol. The third-order valence-electron chi connectivity index (χ3n) is 4.39. The number of halogens is 1. The van der Waals surface area contributed by atoms with E-state index in [-0.39, 0.29) is 0 Å². The summed E-state index contributed by atoms with van der Waals surface area (Å²) in [6.07, 6.45) is 0. The average Bonchev–Trinajstić information content (AvgIpc) is 2.65. The van der Waals surface area contributed by atoms with Gasteiger partial charge in [-0.2, -0.15) is 0 Å². The lowest BCUT2D eigenvalue weighted by Gasteiger charge is -2.18. The molecule has 0 atom stereocenters. The van der Waals surface area contributed by atoms with Gasteiger partial charge in [0, 0.05) is 28.6 Å². The van der Waals surface area contributed by atoms with Gasteiger partial charge in [0.15, 0.2) is 0 Å². The predicted octanol–water partition coefficient (Wildman–Crippen LogP) is 5.28. The molecular weight excluding hydrogens is 332 g/mol. The molecule has 1 heterocycles. The first-order valence-corrected chi connectivity index (χ1v) is 9.10. The second-order valence-corrected chi connectivity index (χ2v) is 6.35. The molecule has 25 heavy (non-hydrogen) atoms. The molecule has 0 fully saturated rings. The molecule has 0 saturated carbocycles. The van der Waals surface area contributed by atoms with Gasteiger partial charge in [-0.15, -0.1) is 0 Å². The summed E-state index contributed by atoms with van der Waals surface area (Å²) in [6, 6.07) is 18.0. The normalized spacial score (nSPS) is 11.2. The van der Waals surface area contributed by atoms with Crippen LogP contribution in [0.2, 0.25) is 5.02 Å². The van der Waals surface area contributed by atoms with Crippen molar-refractivity contribution in [2.45, 2.75) is 13.8 Å². The zero-order valence-corrected chi connectivity index (χ0v) is 15.5. The number of ether oxygens (including phenoxy) is 1. The number of hydrogen-bond donors (Lipinski definition) is 0. The summed E-state index contributed by atoms with van der Waals surface area (Å²) >= 11 is 6.02. The van der Waals surface area contributed by atoms with Crippen molar-refractivity contribution >= 4 is 22.4 Å². The number of fused-ring (bicyclic) bond motifs is 1. The number of pyridine rings is 1. The van der Waals surface area contributed by atoms with E-state index in [1.54, 1.807) is 0 Å². The standard InChI is InChI=1S/C21H23ClN2O/c1-3-24(4-2)13-14-25-20-15-17-7-5-6-8-19(17)21(23-20)16-9-11-18(22)12-10-16/h5-12,15H,3-4,13-14H2,1-2H3. The van der Waals surface area contributed by atoms with Crippen LogP contribution < -0.4 is 4.74 Å². The smallest absolute Gasteiger partial charge is 0.214 e. The molecule has 2 aromatic carbocycles. The lowest BCUT2D eigenvalue weighted by molar-refractivity contribution is 0.218. The second kappa shape index (κ2) is 8.32. The largest absolute Gasteiger partial charge is 0.476 e. The number of benzene rings is 2. The Balaban J connectivity index is 1.91. The van der Waals surface area contributed by atoms with Gasteiger partial charge >= 0.3 is 0 Å². The molecule has 0 aliphatic rings. The summed E-state index contributed by atoms with van der Waals surface area (Å²) in [7, 11) is 0. The van der Waals surface area contributed by atoms with Crippen molar-refractivity contribution in [3.63, 3.8) is 0 Å². The van der Waals surface area contributed by atoms with E-state index >= 15 is 0 Å². The van der Waals surface area contributed by atoms with Gasteiger partial charge in [-0.1, -0.05) is 61.8 Å². The fourth-order valence-corrected chi connectivity index (χ4v) is 3.02. The maximum atomic E-state index is 6.02. The van der Waals surface area contributed by atoms with Crippen LogP contribution in [0.15, 0.2) is 54.6 Å². The number of likely N-dealkylation sites (N-methyl/N-ethyl adjacent to an activating group) is 1. The van der Waals surface area contributed by atoms with Gasteiger partial charge in [0.1, 0.15) is 6.61 Å². The fourth-order valence-electron chi connectivity index (χ4n) is 2.90.